The zero-order valence-corrected chi connectivity index (χ0v) is 9.00. The smallest absolute Gasteiger partial charge is 0.367 e. The van der Waals surface area contributed by atoms with Gasteiger partial charge in [-0.05, 0) is 35.7 Å². The number of hydrogen-bond acceptors (Lipinski definition) is 5. The molecule has 2 rings (SSSR count). The monoisotopic (exact) mass is 226 g/mol. The molecule has 1 aromatic rings. The van der Waals surface area contributed by atoms with Gasteiger partial charge in [-0.1, -0.05) is 6.07 Å². The summed E-state index contributed by atoms with van der Waals surface area (Å²) in [6, 6.07) is 5.47. The van der Waals surface area contributed by atoms with Gasteiger partial charge in [0.05, 0.1) is 0 Å². The van der Waals surface area contributed by atoms with Crippen LogP contribution >= 0.6 is 11.8 Å². The minimum Gasteiger partial charge on any atom is -0.454 e. The molecule has 80 valence electrons. The summed E-state index contributed by atoms with van der Waals surface area (Å²) < 4.78 is 15.3. The van der Waals surface area contributed by atoms with Gasteiger partial charge in [0, 0.05) is 0 Å². The molecule has 0 N–H and O–H groups in total. The molecule has 1 aromatic carbocycles. The van der Waals surface area contributed by atoms with E-state index in [1.165, 1.54) is 0 Å². The second kappa shape index (κ2) is 4.44. The molecule has 0 aromatic heterocycles. The summed E-state index contributed by atoms with van der Waals surface area (Å²) in [6.07, 6.45) is 1.68. The van der Waals surface area contributed by atoms with Crippen molar-refractivity contribution in [2.75, 3.05) is 13.0 Å². The molecule has 0 radical (unpaired) electrons. The molecule has 0 saturated heterocycles. The molecule has 0 aliphatic carbocycles. The first-order valence-electron chi connectivity index (χ1n) is 4.39. The molecule has 4 nitrogen and oxygen atoms in total. The topological polar surface area (TPSA) is 44.8 Å². The van der Waals surface area contributed by atoms with E-state index in [0.29, 0.717) is 5.75 Å². The van der Waals surface area contributed by atoms with Crippen molar-refractivity contribution in [3.8, 4) is 11.5 Å². The first-order chi connectivity index (χ1) is 7.29. The molecule has 0 spiro atoms. The summed E-state index contributed by atoms with van der Waals surface area (Å²) in [6.45, 7) is 0.514. The van der Waals surface area contributed by atoms with Gasteiger partial charge < -0.3 is 14.2 Å². The van der Waals surface area contributed by atoms with Crippen LogP contribution in [0.3, 0.4) is 0 Å². The molecule has 15 heavy (non-hydrogen) atoms. The van der Waals surface area contributed by atoms with Crippen LogP contribution in [0.2, 0.25) is 0 Å². The average molecular weight is 226 g/mol. The van der Waals surface area contributed by atoms with Crippen LogP contribution in [0.4, 0.5) is 4.79 Å². The Hall–Kier alpha value is -1.36. The Morgan fingerprint density at radius 3 is 3.07 bits per heavy atom. The van der Waals surface area contributed by atoms with Crippen LogP contribution < -0.4 is 9.47 Å². The minimum atomic E-state index is -0.285. The Balaban J connectivity index is 2.01. The lowest BCUT2D eigenvalue weighted by molar-refractivity contribution is 0.167. The van der Waals surface area contributed by atoms with Gasteiger partial charge in [-0.2, -0.15) is 0 Å². The van der Waals surface area contributed by atoms with E-state index in [9.17, 15) is 4.79 Å². The fourth-order valence-electron chi connectivity index (χ4n) is 1.23. The van der Waals surface area contributed by atoms with E-state index in [4.69, 9.17) is 14.2 Å². The molecule has 0 fully saturated rings. The van der Waals surface area contributed by atoms with Gasteiger partial charge in [0.1, 0.15) is 6.61 Å². The van der Waals surface area contributed by atoms with Crippen molar-refractivity contribution in [1.82, 2.24) is 0 Å². The molecule has 1 aliphatic heterocycles. The zero-order valence-electron chi connectivity index (χ0n) is 8.19. The molecule has 0 unspecified atom stereocenters. The van der Waals surface area contributed by atoms with Gasteiger partial charge in [-0.25, -0.2) is 4.79 Å². The van der Waals surface area contributed by atoms with E-state index in [1.54, 1.807) is 6.26 Å². The van der Waals surface area contributed by atoms with Crippen molar-refractivity contribution in [1.29, 1.82) is 0 Å². The number of benzene rings is 1. The largest absolute Gasteiger partial charge is 0.454 e. The third-order valence-corrected chi connectivity index (χ3v) is 2.41. The lowest BCUT2D eigenvalue weighted by atomic mass is 10.2. The first-order valence-corrected chi connectivity index (χ1v) is 5.61. The SMILES string of the molecule is CSC(=O)OCc1ccc2c(c1)OCO2. The highest BCUT2D eigenvalue weighted by Crippen LogP contribution is 2.32. The van der Waals surface area contributed by atoms with E-state index < -0.39 is 0 Å². The number of fused-ring (bicyclic) bond motifs is 1. The molecule has 0 saturated carbocycles. The van der Waals surface area contributed by atoms with Crippen molar-refractivity contribution >= 4 is 17.1 Å². The standard InChI is InChI=1S/C10H10O4S/c1-15-10(11)12-5-7-2-3-8-9(4-7)14-6-13-8/h2-4H,5-6H2,1H3. The lowest BCUT2D eigenvalue weighted by Gasteiger charge is -2.03. The van der Waals surface area contributed by atoms with E-state index in [1.807, 2.05) is 18.2 Å². The number of ether oxygens (including phenoxy) is 3. The van der Waals surface area contributed by atoms with Crippen LogP contribution in [0.1, 0.15) is 5.56 Å². The third kappa shape index (κ3) is 2.36. The van der Waals surface area contributed by atoms with E-state index in [2.05, 4.69) is 0 Å². The fourth-order valence-corrected chi connectivity index (χ4v) is 1.41. The van der Waals surface area contributed by atoms with Crippen molar-refractivity contribution in [3.63, 3.8) is 0 Å². The van der Waals surface area contributed by atoms with Crippen LogP contribution in [0, 0.1) is 0 Å². The van der Waals surface area contributed by atoms with Crippen molar-refractivity contribution in [2.24, 2.45) is 0 Å². The van der Waals surface area contributed by atoms with E-state index in [-0.39, 0.29) is 18.7 Å². The molecular formula is C10H10O4S. The highest BCUT2D eigenvalue weighted by molar-refractivity contribution is 8.12. The van der Waals surface area contributed by atoms with E-state index >= 15 is 0 Å². The normalized spacial score (nSPS) is 12.6. The Bertz CT molecular complexity index is 378. The number of carbonyl (C=O) groups excluding carboxylic acids is 1. The van der Waals surface area contributed by atoms with Gasteiger partial charge in [0.2, 0.25) is 6.79 Å². The lowest BCUT2D eigenvalue weighted by Crippen LogP contribution is -1.97. The maximum Gasteiger partial charge on any atom is 0.367 e. The Labute approximate surface area is 91.5 Å². The van der Waals surface area contributed by atoms with Gasteiger partial charge in [0.25, 0.3) is 0 Å². The van der Waals surface area contributed by atoms with Gasteiger partial charge in [-0.3, -0.25) is 0 Å². The predicted octanol–water partition coefficient (Wildman–Crippen LogP) is 2.41. The maximum absolute atomic E-state index is 10.9. The Morgan fingerprint density at radius 1 is 1.47 bits per heavy atom. The molecular weight excluding hydrogens is 216 g/mol. The predicted molar refractivity (Wildman–Crippen MR) is 56.3 cm³/mol. The third-order valence-electron chi connectivity index (χ3n) is 1.96. The molecule has 0 bridgehead atoms. The number of carbonyl (C=O) groups is 1. The molecule has 0 atom stereocenters. The zero-order chi connectivity index (χ0) is 10.7. The minimum absolute atomic E-state index is 0.253. The van der Waals surface area contributed by atoms with Crippen molar-refractivity contribution in [3.05, 3.63) is 23.8 Å². The summed E-state index contributed by atoms with van der Waals surface area (Å²) in [5.41, 5.74) is 0.890. The Kier molecular flexibility index (Phi) is 3.01. The van der Waals surface area contributed by atoms with Crippen LogP contribution in [-0.2, 0) is 11.3 Å². The summed E-state index contributed by atoms with van der Waals surface area (Å²) in [5, 5.41) is -0.285. The van der Waals surface area contributed by atoms with E-state index in [0.717, 1.165) is 23.1 Å². The average Bonchev–Trinajstić information content (AvgIpc) is 2.72. The first kappa shape index (κ1) is 10.2. The molecule has 1 aliphatic rings. The fraction of sp³-hybridized carbons (Fsp3) is 0.300. The highest BCUT2D eigenvalue weighted by atomic mass is 32.2. The molecule has 0 amide bonds. The number of hydrogen-bond donors (Lipinski definition) is 0. The number of rotatable bonds is 2. The summed E-state index contributed by atoms with van der Waals surface area (Å²) in [5.74, 6) is 1.43. The van der Waals surface area contributed by atoms with Crippen LogP contribution in [0.5, 0.6) is 11.5 Å². The van der Waals surface area contributed by atoms with Gasteiger partial charge in [-0.15, -0.1) is 0 Å². The second-order valence-corrected chi connectivity index (χ2v) is 3.67. The summed E-state index contributed by atoms with van der Waals surface area (Å²) >= 11 is 1.05. The maximum atomic E-state index is 10.9. The second-order valence-electron chi connectivity index (χ2n) is 2.93. The van der Waals surface area contributed by atoms with Crippen LogP contribution in [0.25, 0.3) is 0 Å². The van der Waals surface area contributed by atoms with Gasteiger partial charge in [0.15, 0.2) is 11.5 Å². The molecule has 5 heteroatoms. The Morgan fingerprint density at radius 2 is 2.27 bits per heavy atom. The van der Waals surface area contributed by atoms with Crippen molar-refractivity contribution in [2.45, 2.75) is 6.61 Å². The number of thioether (sulfide) groups is 1. The molecule has 1 heterocycles. The van der Waals surface area contributed by atoms with Gasteiger partial charge >= 0.3 is 5.30 Å². The van der Waals surface area contributed by atoms with Crippen LogP contribution in [-0.4, -0.2) is 18.4 Å². The van der Waals surface area contributed by atoms with Crippen molar-refractivity contribution < 1.29 is 19.0 Å². The highest BCUT2D eigenvalue weighted by Gasteiger charge is 2.13. The van der Waals surface area contributed by atoms with Crippen LogP contribution in [0.15, 0.2) is 18.2 Å². The summed E-state index contributed by atoms with van der Waals surface area (Å²) in [7, 11) is 0. The quantitative estimate of drug-likeness (QED) is 0.724. The summed E-state index contributed by atoms with van der Waals surface area (Å²) in [4.78, 5) is 10.9.